The van der Waals surface area contributed by atoms with Gasteiger partial charge in [-0.25, -0.2) is 0 Å². The van der Waals surface area contributed by atoms with Crippen LogP contribution in [0.25, 0.3) is 0 Å². The second-order valence-electron chi connectivity index (χ2n) is 4.66. The molecule has 1 aliphatic carbocycles. The van der Waals surface area contributed by atoms with Crippen molar-refractivity contribution in [3.8, 4) is 0 Å². The van der Waals surface area contributed by atoms with Crippen LogP contribution in [0.4, 0.5) is 17.1 Å². The quantitative estimate of drug-likeness (QED) is 0.622. The minimum absolute atomic E-state index is 0.183. The van der Waals surface area contributed by atoms with Crippen molar-refractivity contribution in [2.45, 2.75) is 19.8 Å². The molecule has 18 heavy (non-hydrogen) atoms. The van der Waals surface area contributed by atoms with E-state index in [1.807, 2.05) is 19.1 Å². The molecule has 1 N–H and O–H groups in total. The van der Waals surface area contributed by atoms with E-state index in [9.17, 15) is 10.1 Å². The lowest BCUT2D eigenvalue weighted by Gasteiger charge is -2.23. The number of nitrogens with one attached hydrogen (secondary N) is 1. The number of benzene rings is 1. The summed E-state index contributed by atoms with van der Waals surface area (Å²) >= 11 is 0. The summed E-state index contributed by atoms with van der Waals surface area (Å²) in [5.74, 6) is 0.711. The molecule has 0 aromatic heterocycles. The Hall–Kier alpha value is -1.78. The molecule has 0 atom stereocenters. The lowest BCUT2D eigenvalue weighted by atomic mass is 10.2. The van der Waals surface area contributed by atoms with E-state index < -0.39 is 0 Å². The highest BCUT2D eigenvalue weighted by atomic mass is 16.6. The maximum Gasteiger partial charge on any atom is 0.315 e. The normalized spacial score (nSPS) is 14.3. The van der Waals surface area contributed by atoms with Crippen LogP contribution >= 0.6 is 0 Å². The second kappa shape index (κ2) is 5.25. The van der Waals surface area contributed by atoms with Crippen LogP contribution in [0, 0.1) is 16.0 Å². The van der Waals surface area contributed by atoms with Crippen molar-refractivity contribution in [1.29, 1.82) is 0 Å². The van der Waals surface area contributed by atoms with Crippen LogP contribution < -0.4 is 10.2 Å². The Bertz CT molecular complexity index is 444. The van der Waals surface area contributed by atoms with Gasteiger partial charge < -0.3 is 10.2 Å². The smallest absolute Gasteiger partial charge is 0.315 e. The van der Waals surface area contributed by atoms with Gasteiger partial charge in [0.1, 0.15) is 11.4 Å². The standard InChI is InChI=1S/C13H19N3O2/c1-3-15(9-10-7-8-10)12-6-4-5-11(14-2)13(12)16(17)18/h4-6,10,14H,3,7-9H2,1-2H3. The Morgan fingerprint density at radius 3 is 2.72 bits per heavy atom. The van der Waals surface area contributed by atoms with E-state index in [0.717, 1.165) is 18.8 Å². The molecule has 0 aliphatic heterocycles. The zero-order valence-corrected chi connectivity index (χ0v) is 10.8. The molecule has 0 bridgehead atoms. The summed E-state index contributed by atoms with van der Waals surface area (Å²) in [5, 5.41) is 14.2. The fraction of sp³-hybridized carbons (Fsp3) is 0.538. The molecule has 0 saturated heterocycles. The highest BCUT2D eigenvalue weighted by Crippen LogP contribution is 2.38. The molecule has 0 amide bonds. The van der Waals surface area contributed by atoms with E-state index in [1.165, 1.54) is 12.8 Å². The third-order valence-electron chi connectivity index (χ3n) is 3.36. The molecule has 0 heterocycles. The number of hydrogen-bond donors (Lipinski definition) is 1. The summed E-state index contributed by atoms with van der Waals surface area (Å²) in [4.78, 5) is 13.1. The Morgan fingerprint density at radius 2 is 2.22 bits per heavy atom. The SMILES string of the molecule is CCN(CC1CC1)c1cccc(NC)c1[N+](=O)[O-]. The van der Waals surface area contributed by atoms with Crippen LogP contribution in [-0.2, 0) is 0 Å². The van der Waals surface area contributed by atoms with Crippen molar-refractivity contribution in [1.82, 2.24) is 0 Å². The van der Waals surface area contributed by atoms with Crippen molar-refractivity contribution in [2.75, 3.05) is 30.4 Å². The maximum absolute atomic E-state index is 11.3. The topological polar surface area (TPSA) is 58.4 Å². The summed E-state index contributed by atoms with van der Waals surface area (Å²) < 4.78 is 0. The number of nitrogens with zero attached hydrogens (tertiary/aromatic N) is 2. The molecule has 5 heteroatoms. The molecule has 1 fully saturated rings. The Morgan fingerprint density at radius 1 is 1.50 bits per heavy atom. The van der Waals surface area contributed by atoms with Crippen LogP contribution in [0.3, 0.4) is 0 Å². The van der Waals surface area contributed by atoms with Gasteiger partial charge in [-0.1, -0.05) is 6.07 Å². The van der Waals surface area contributed by atoms with Gasteiger partial charge >= 0.3 is 5.69 Å². The summed E-state index contributed by atoms with van der Waals surface area (Å²) in [6.45, 7) is 3.76. The molecule has 98 valence electrons. The predicted octanol–water partition coefficient (Wildman–Crippen LogP) is 2.87. The Kier molecular flexibility index (Phi) is 3.69. The highest BCUT2D eigenvalue weighted by molar-refractivity contribution is 5.76. The number of hydrogen-bond acceptors (Lipinski definition) is 4. The van der Waals surface area contributed by atoms with Gasteiger partial charge in [-0.3, -0.25) is 10.1 Å². The lowest BCUT2D eigenvalue weighted by Crippen LogP contribution is -2.26. The number of nitro groups is 1. The van der Waals surface area contributed by atoms with E-state index in [4.69, 9.17) is 0 Å². The molecule has 0 radical (unpaired) electrons. The summed E-state index contributed by atoms with van der Waals surface area (Å²) in [5.41, 5.74) is 1.48. The Labute approximate surface area is 107 Å². The molecule has 1 aromatic carbocycles. The van der Waals surface area contributed by atoms with E-state index >= 15 is 0 Å². The molecule has 2 rings (SSSR count). The fourth-order valence-electron chi connectivity index (χ4n) is 2.19. The first-order chi connectivity index (χ1) is 8.67. The monoisotopic (exact) mass is 249 g/mol. The number of rotatable bonds is 6. The van der Waals surface area contributed by atoms with Gasteiger partial charge in [-0.05, 0) is 37.8 Å². The van der Waals surface area contributed by atoms with Gasteiger partial charge in [-0.15, -0.1) is 0 Å². The van der Waals surface area contributed by atoms with E-state index in [0.29, 0.717) is 11.6 Å². The minimum atomic E-state index is -0.295. The largest absolute Gasteiger partial charge is 0.382 e. The molecule has 1 aliphatic rings. The number of anilines is 2. The van der Waals surface area contributed by atoms with E-state index in [1.54, 1.807) is 13.1 Å². The van der Waals surface area contributed by atoms with Gasteiger partial charge in [0.15, 0.2) is 0 Å². The van der Waals surface area contributed by atoms with Crippen molar-refractivity contribution < 1.29 is 4.92 Å². The van der Waals surface area contributed by atoms with Gasteiger partial charge in [0, 0.05) is 20.1 Å². The minimum Gasteiger partial charge on any atom is -0.382 e. The predicted molar refractivity (Wildman–Crippen MR) is 73.3 cm³/mol. The molecular weight excluding hydrogens is 230 g/mol. The fourth-order valence-corrected chi connectivity index (χ4v) is 2.19. The highest BCUT2D eigenvalue weighted by Gasteiger charge is 2.28. The third-order valence-corrected chi connectivity index (χ3v) is 3.36. The van der Waals surface area contributed by atoms with Crippen LogP contribution in [0.1, 0.15) is 19.8 Å². The molecule has 0 unspecified atom stereocenters. The Balaban J connectivity index is 2.36. The zero-order chi connectivity index (χ0) is 13.1. The summed E-state index contributed by atoms with van der Waals surface area (Å²) in [6.07, 6.45) is 2.49. The van der Waals surface area contributed by atoms with Crippen molar-refractivity contribution >= 4 is 17.1 Å². The third kappa shape index (κ3) is 2.55. The van der Waals surface area contributed by atoms with Gasteiger partial charge in [0.05, 0.1) is 4.92 Å². The molecule has 0 spiro atoms. The van der Waals surface area contributed by atoms with Crippen LogP contribution in [0.2, 0.25) is 0 Å². The molecule has 5 nitrogen and oxygen atoms in total. The number of nitro benzene ring substituents is 1. The van der Waals surface area contributed by atoms with Crippen molar-refractivity contribution in [3.63, 3.8) is 0 Å². The average Bonchev–Trinajstić information content (AvgIpc) is 3.18. The van der Waals surface area contributed by atoms with Crippen LogP contribution in [0.5, 0.6) is 0 Å². The lowest BCUT2D eigenvalue weighted by molar-refractivity contribution is -0.383. The first kappa shape index (κ1) is 12.7. The maximum atomic E-state index is 11.3. The number of para-hydroxylation sites is 1. The van der Waals surface area contributed by atoms with Crippen LogP contribution in [0.15, 0.2) is 18.2 Å². The van der Waals surface area contributed by atoms with Gasteiger partial charge in [-0.2, -0.15) is 0 Å². The summed E-state index contributed by atoms with van der Waals surface area (Å²) in [6, 6.07) is 5.45. The van der Waals surface area contributed by atoms with Gasteiger partial charge in [0.2, 0.25) is 0 Å². The first-order valence-corrected chi connectivity index (χ1v) is 6.37. The first-order valence-electron chi connectivity index (χ1n) is 6.37. The van der Waals surface area contributed by atoms with E-state index in [2.05, 4.69) is 10.2 Å². The molecular formula is C13H19N3O2. The van der Waals surface area contributed by atoms with Crippen LogP contribution in [-0.4, -0.2) is 25.1 Å². The van der Waals surface area contributed by atoms with Crippen molar-refractivity contribution in [3.05, 3.63) is 28.3 Å². The zero-order valence-electron chi connectivity index (χ0n) is 10.8. The molecule has 1 saturated carbocycles. The van der Waals surface area contributed by atoms with E-state index in [-0.39, 0.29) is 10.6 Å². The molecule has 1 aromatic rings. The second-order valence-corrected chi connectivity index (χ2v) is 4.66. The van der Waals surface area contributed by atoms with Gasteiger partial charge in [0.25, 0.3) is 0 Å². The average molecular weight is 249 g/mol. The summed E-state index contributed by atoms with van der Waals surface area (Å²) in [7, 11) is 1.71. The van der Waals surface area contributed by atoms with Crippen molar-refractivity contribution in [2.24, 2.45) is 5.92 Å².